The second-order valence-corrected chi connectivity index (χ2v) is 7.36. The number of hydrogen-bond acceptors (Lipinski definition) is 4. The number of sulfonamides is 1. The zero-order valence-corrected chi connectivity index (χ0v) is 12.8. The second-order valence-electron chi connectivity index (χ2n) is 5.24. The molecule has 1 aromatic carbocycles. The molecule has 1 N–H and O–H groups in total. The van der Waals surface area contributed by atoms with Crippen molar-refractivity contribution < 1.29 is 13.2 Å². The molecule has 20 heavy (non-hydrogen) atoms. The summed E-state index contributed by atoms with van der Waals surface area (Å²) in [5.41, 5.74) is 0. The smallest absolute Gasteiger partial charge is 0.246 e. The van der Waals surface area contributed by atoms with Gasteiger partial charge in [-0.2, -0.15) is 0 Å². The van der Waals surface area contributed by atoms with Gasteiger partial charge in [0.1, 0.15) is 10.6 Å². The Morgan fingerprint density at radius 2 is 1.90 bits per heavy atom. The molecule has 0 aromatic heterocycles. The molecule has 1 aliphatic heterocycles. The summed E-state index contributed by atoms with van der Waals surface area (Å²) in [6, 6.07) is 6.82. The van der Waals surface area contributed by atoms with Gasteiger partial charge in [-0.15, -0.1) is 0 Å². The van der Waals surface area contributed by atoms with Gasteiger partial charge in [-0.3, -0.25) is 0 Å². The molecule has 0 bridgehead atoms. The third-order valence-electron chi connectivity index (χ3n) is 3.54. The van der Waals surface area contributed by atoms with E-state index in [-0.39, 0.29) is 4.90 Å². The maximum absolute atomic E-state index is 12.2. The van der Waals surface area contributed by atoms with Crippen LogP contribution < -0.4 is 10.1 Å². The number of nitrogens with zero attached hydrogens (tertiary/aromatic N) is 1. The molecule has 0 atom stereocenters. The largest absolute Gasteiger partial charge is 0.492 e. The first-order valence-corrected chi connectivity index (χ1v) is 8.31. The first-order valence-electron chi connectivity index (χ1n) is 6.87. The normalized spacial score (nSPS) is 17.4. The summed E-state index contributed by atoms with van der Waals surface area (Å²) in [6.45, 7) is 2.58. The molecule has 1 saturated heterocycles. The Morgan fingerprint density at radius 3 is 2.55 bits per heavy atom. The number of rotatable bonds is 5. The lowest BCUT2D eigenvalue weighted by atomic mass is 9.99. The highest BCUT2D eigenvalue weighted by atomic mass is 32.2. The fourth-order valence-electron chi connectivity index (χ4n) is 2.24. The molecule has 1 aromatic rings. The lowest BCUT2D eigenvalue weighted by Crippen LogP contribution is -2.31. The first-order chi connectivity index (χ1) is 9.51. The lowest BCUT2D eigenvalue weighted by molar-refractivity contribution is 0.211. The van der Waals surface area contributed by atoms with E-state index < -0.39 is 10.0 Å². The summed E-state index contributed by atoms with van der Waals surface area (Å²) >= 11 is 0. The fourth-order valence-corrected chi connectivity index (χ4v) is 3.26. The molecule has 1 fully saturated rings. The maximum atomic E-state index is 12.2. The molecule has 0 radical (unpaired) electrons. The number of nitrogens with one attached hydrogen (secondary N) is 1. The van der Waals surface area contributed by atoms with Crippen molar-refractivity contribution in [2.45, 2.75) is 17.7 Å². The van der Waals surface area contributed by atoms with Crippen LogP contribution in [-0.2, 0) is 10.0 Å². The molecule has 0 spiro atoms. The molecule has 0 aliphatic carbocycles. The first kappa shape index (κ1) is 15.3. The highest BCUT2D eigenvalue weighted by molar-refractivity contribution is 7.89. The van der Waals surface area contributed by atoms with Crippen molar-refractivity contribution in [1.29, 1.82) is 0 Å². The van der Waals surface area contributed by atoms with Crippen molar-refractivity contribution in [1.82, 2.24) is 9.62 Å². The van der Waals surface area contributed by atoms with E-state index in [1.807, 2.05) is 0 Å². The Hall–Kier alpha value is -1.11. The summed E-state index contributed by atoms with van der Waals surface area (Å²) in [5.74, 6) is 0.936. The summed E-state index contributed by atoms with van der Waals surface area (Å²) in [5, 5.41) is 3.31. The third-order valence-corrected chi connectivity index (χ3v) is 5.40. The van der Waals surface area contributed by atoms with Gasteiger partial charge in [-0.25, -0.2) is 12.7 Å². The zero-order chi connectivity index (χ0) is 14.6. The standard InChI is InChI=1S/C14H22N2O3S/c1-16(2)20(17,18)14-6-4-3-5-13(14)19-11-12-7-9-15-10-8-12/h3-6,12,15H,7-11H2,1-2H3. The molecule has 1 aliphatic rings. The average molecular weight is 298 g/mol. The Labute approximate surface area is 121 Å². The van der Waals surface area contributed by atoms with E-state index in [0.717, 1.165) is 25.9 Å². The Bertz CT molecular complexity index is 537. The van der Waals surface area contributed by atoms with E-state index in [1.54, 1.807) is 24.3 Å². The summed E-state index contributed by atoms with van der Waals surface area (Å²) in [7, 11) is -0.411. The fraction of sp³-hybridized carbons (Fsp3) is 0.571. The van der Waals surface area contributed by atoms with Crippen LogP contribution in [0, 0.1) is 5.92 Å². The maximum Gasteiger partial charge on any atom is 0.246 e. The van der Waals surface area contributed by atoms with E-state index in [9.17, 15) is 8.42 Å². The minimum absolute atomic E-state index is 0.235. The zero-order valence-electron chi connectivity index (χ0n) is 12.0. The van der Waals surface area contributed by atoms with Crippen LogP contribution in [0.15, 0.2) is 29.2 Å². The minimum Gasteiger partial charge on any atom is -0.492 e. The number of para-hydroxylation sites is 1. The number of benzene rings is 1. The van der Waals surface area contributed by atoms with Gasteiger partial charge in [0.25, 0.3) is 0 Å². The number of hydrogen-bond donors (Lipinski definition) is 1. The topological polar surface area (TPSA) is 58.6 Å². The van der Waals surface area contributed by atoms with Crippen molar-refractivity contribution >= 4 is 10.0 Å². The van der Waals surface area contributed by atoms with Gasteiger partial charge in [-0.1, -0.05) is 12.1 Å². The van der Waals surface area contributed by atoms with Gasteiger partial charge in [0.15, 0.2) is 0 Å². The SMILES string of the molecule is CN(C)S(=O)(=O)c1ccccc1OCC1CCNCC1. The van der Waals surface area contributed by atoms with E-state index in [2.05, 4.69) is 5.32 Å². The van der Waals surface area contributed by atoms with Crippen LogP contribution in [0.5, 0.6) is 5.75 Å². The lowest BCUT2D eigenvalue weighted by Gasteiger charge is -2.23. The predicted molar refractivity (Wildman–Crippen MR) is 78.4 cm³/mol. The highest BCUT2D eigenvalue weighted by Gasteiger charge is 2.22. The van der Waals surface area contributed by atoms with Crippen molar-refractivity contribution in [3.63, 3.8) is 0 Å². The number of ether oxygens (including phenoxy) is 1. The van der Waals surface area contributed by atoms with Crippen LogP contribution in [0.1, 0.15) is 12.8 Å². The minimum atomic E-state index is -3.46. The van der Waals surface area contributed by atoms with Gasteiger partial charge in [0.05, 0.1) is 6.61 Å². The Kier molecular flexibility index (Phi) is 5.01. The highest BCUT2D eigenvalue weighted by Crippen LogP contribution is 2.26. The Balaban J connectivity index is 2.12. The van der Waals surface area contributed by atoms with Crippen molar-refractivity contribution in [2.24, 2.45) is 5.92 Å². The monoisotopic (exact) mass is 298 g/mol. The molecule has 0 unspecified atom stereocenters. The quantitative estimate of drug-likeness (QED) is 0.890. The van der Waals surface area contributed by atoms with Crippen LogP contribution in [0.25, 0.3) is 0 Å². The van der Waals surface area contributed by atoms with Gasteiger partial charge in [0, 0.05) is 14.1 Å². The molecule has 6 heteroatoms. The van der Waals surface area contributed by atoms with E-state index in [4.69, 9.17) is 4.74 Å². The molecule has 0 saturated carbocycles. The van der Waals surface area contributed by atoms with Crippen LogP contribution >= 0.6 is 0 Å². The summed E-state index contributed by atoms with van der Waals surface area (Å²) < 4.78 is 31.5. The van der Waals surface area contributed by atoms with Crippen LogP contribution in [0.3, 0.4) is 0 Å². The van der Waals surface area contributed by atoms with E-state index in [0.29, 0.717) is 18.3 Å². The molecular weight excluding hydrogens is 276 g/mol. The van der Waals surface area contributed by atoms with Gasteiger partial charge in [-0.05, 0) is 44.0 Å². The van der Waals surface area contributed by atoms with E-state index in [1.165, 1.54) is 18.4 Å². The van der Waals surface area contributed by atoms with E-state index >= 15 is 0 Å². The van der Waals surface area contributed by atoms with Crippen LogP contribution in [0.2, 0.25) is 0 Å². The molecule has 112 valence electrons. The molecule has 5 nitrogen and oxygen atoms in total. The summed E-state index contributed by atoms with van der Waals surface area (Å²) in [6.07, 6.45) is 2.14. The molecule has 2 rings (SSSR count). The third kappa shape index (κ3) is 3.50. The van der Waals surface area contributed by atoms with Gasteiger partial charge >= 0.3 is 0 Å². The molecule has 1 heterocycles. The van der Waals surface area contributed by atoms with Crippen molar-refractivity contribution in [3.8, 4) is 5.75 Å². The Morgan fingerprint density at radius 1 is 1.25 bits per heavy atom. The predicted octanol–water partition coefficient (Wildman–Crippen LogP) is 1.32. The number of piperidine rings is 1. The van der Waals surface area contributed by atoms with Crippen molar-refractivity contribution in [3.05, 3.63) is 24.3 Å². The van der Waals surface area contributed by atoms with Gasteiger partial charge < -0.3 is 10.1 Å². The summed E-state index contributed by atoms with van der Waals surface area (Å²) in [4.78, 5) is 0.235. The molecule has 0 amide bonds. The van der Waals surface area contributed by atoms with Crippen LogP contribution in [-0.4, -0.2) is 46.5 Å². The molecular formula is C14H22N2O3S. The second kappa shape index (κ2) is 6.56. The van der Waals surface area contributed by atoms with Crippen LogP contribution in [0.4, 0.5) is 0 Å². The van der Waals surface area contributed by atoms with Gasteiger partial charge in [0.2, 0.25) is 10.0 Å². The van der Waals surface area contributed by atoms with Crippen molar-refractivity contribution in [2.75, 3.05) is 33.8 Å². The average Bonchev–Trinajstić information content (AvgIpc) is 2.46.